The first kappa shape index (κ1) is 29.4. The number of ether oxygens (including phenoxy) is 4. The minimum Gasteiger partial charge on any atom is -0.453 e. The van der Waals surface area contributed by atoms with Crippen LogP contribution in [0.5, 0.6) is 11.5 Å². The molecule has 0 amide bonds. The van der Waals surface area contributed by atoms with E-state index >= 15 is 0 Å². The second-order valence-corrected chi connectivity index (χ2v) is 8.42. The van der Waals surface area contributed by atoms with Crippen LogP contribution in [0.2, 0.25) is 0 Å². The van der Waals surface area contributed by atoms with E-state index in [1.54, 1.807) is 0 Å². The molecule has 0 saturated carbocycles. The first-order valence-electron chi connectivity index (χ1n) is 11.6. The van der Waals surface area contributed by atoms with Gasteiger partial charge in [-0.05, 0) is 31.4 Å². The van der Waals surface area contributed by atoms with E-state index in [2.05, 4.69) is 28.5 Å². The first-order valence-corrected chi connectivity index (χ1v) is 11.6. The van der Waals surface area contributed by atoms with Gasteiger partial charge in [0.15, 0.2) is 29.9 Å². The SMILES string of the molecule is CCC/C=C/CCC1COC(c2cc(F)c(C(F)(F)Oc3cc(F)c(OC=C(F)F)c(F)c3)c(F)c2)OC1. The quantitative estimate of drug-likeness (QED) is 0.160. The molecule has 0 unspecified atom stereocenters. The highest BCUT2D eigenvalue weighted by Gasteiger charge is 2.42. The predicted octanol–water partition coefficient (Wildman–Crippen LogP) is 8.29. The van der Waals surface area contributed by atoms with Crippen LogP contribution >= 0.6 is 0 Å². The molecule has 0 aliphatic carbocycles. The Balaban J connectivity index is 1.69. The molecule has 3 rings (SSSR count). The molecule has 1 aliphatic heterocycles. The number of allylic oxidation sites excluding steroid dienone is 2. The van der Waals surface area contributed by atoms with Gasteiger partial charge in [0.25, 0.3) is 0 Å². The topological polar surface area (TPSA) is 36.9 Å². The molecule has 0 radical (unpaired) electrons. The van der Waals surface area contributed by atoms with E-state index in [4.69, 9.17) is 9.47 Å². The molecule has 4 nitrogen and oxygen atoms in total. The second kappa shape index (κ2) is 13.1. The zero-order valence-electron chi connectivity index (χ0n) is 20.1. The molecule has 208 valence electrons. The van der Waals surface area contributed by atoms with Crippen LogP contribution in [-0.2, 0) is 15.6 Å². The average molecular weight is 552 g/mol. The smallest absolute Gasteiger partial charge is 0.432 e. The summed E-state index contributed by atoms with van der Waals surface area (Å²) < 4.78 is 130. The summed E-state index contributed by atoms with van der Waals surface area (Å²) in [6.45, 7) is 2.54. The molecular formula is C26H24F8O4. The van der Waals surface area contributed by atoms with Crippen molar-refractivity contribution in [2.45, 2.75) is 45.0 Å². The lowest BCUT2D eigenvalue weighted by Gasteiger charge is -2.30. The Labute approximate surface area is 213 Å². The maximum atomic E-state index is 14.6. The van der Waals surface area contributed by atoms with Crippen molar-refractivity contribution < 1.29 is 54.1 Å². The largest absolute Gasteiger partial charge is 0.453 e. The first-order chi connectivity index (χ1) is 18.0. The number of rotatable bonds is 11. The van der Waals surface area contributed by atoms with E-state index in [0.29, 0.717) is 12.1 Å². The lowest BCUT2D eigenvalue weighted by molar-refractivity contribution is -0.206. The highest BCUT2D eigenvalue weighted by atomic mass is 19.3. The number of alkyl halides is 2. The molecule has 1 heterocycles. The predicted molar refractivity (Wildman–Crippen MR) is 120 cm³/mol. The van der Waals surface area contributed by atoms with Gasteiger partial charge in [0.2, 0.25) is 0 Å². The van der Waals surface area contributed by atoms with Crippen LogP contribution in [0.1, 0.15) is 50.0 Å². The van der Waals surface area contributed by atoms with Crippen molar-refractivity contribution in [3.8, 4) is 11.5 Å². The van der Waals surface area contributed by atoms with Gasteiger partial charge in [-0.3, -0.25) is 0 Å². The Morgan fingerprint density at radius 2 is 1.50 bits per heavy atom. The van der Waals surface area contributed by atoms with Crippen molar-refractivity contribution >= 4 is 0 Å². The molecule has 0 bridgehead atoms. The summed E-state index contributed by atoms with van der Waals surface area (Å²) in [7, 11) is 0. The van der Waals surface area contributed by atoms with E-state index in [-0.39, 0.29) is 43.1 Å². The highest BCUT2D eigenvalue weighted by Crippen LogP contribution is 2.39. The van der Waals surface area contributed by atoms with Crippen molar-refractivity contribution in [1.29, 1.82) is 0 Å². The van der Waals surface area contributed by atoms with Crippen LogP contribution in [0.15, 0.2) is 48.8 Å². The van der Waals surface area contributed by atoms with Crippen LogP contribution in [0, 0.1) is 29.2 Å². The van der Waals surface area contributed by atoms with Gasteiger partial charge >= 0.3 is 12.2 Å². The molecule has 2 aromatic rings. The van der Waals surface area contributed by atoms with Gasteiger partial charge in [0, 0.05) is 23.6 Å². The third-order valence-corrected chi connectivity index (χ3v) is 5.44. The van der Waals surface area contributed by atoms with Gasteiger partial charge in [0.1, 0.15) is 22.9 Å². The molecule has 0 N–H and O–H groups in total. The lowest BCUT2D eigenvalue weighted by Crippen LogP contribution is -2.28. The van der Waals surface area contributed by atoms with Crippen LogP contribution in [0.25, 0.3) is 0 Å². The monoisotopic (exact) mass is 552 g/mol. The van der Waals surface area contributed by atoms with E-state index in [1.807, 2.05) is 0 Å². The maximum absolute atomic E-state index is 14.6. The van der Waals surface area contributed by atoms with E-state index in [1.165, 1.54) is 0 Å². The van der Waals surface area contributed by atoms with Gasteiger partial charge in [-0.2, -0.15) is 17.6 Å². The Morgan fingerprint density at radius 3 is 2.05 bits per heavy atom. The molecule has 12 heteroatoms. The summed E-state index contributed by atoms with van der Waals surface area (Å²) in [6.07, 6.45) is -0.852. The fourth-order valence-corrected chi connectivity index (χ4v) is 3.65. The summed E-state index contributed by atoms with van der Waals surface area (Å²) >= 11 is 0. The fourth-order valence-electron chi connectivity index (χ4n) is 3.65. The number of halogens is 8. The summed E-state index contributed by atoms with van der Waals surface area (Å²) in [5.41, 5.74) is -2.01. The molecule has 0 spiro atoms. The van der Waals surface area contributed by atoms with Gasteiger partial charge in [0.05, 0.1) is 13.2 Å². The van der Waals surface area contributed by atoms with Crippen LogP contribution < -0.4 is 9.47 Å². The Kier molecular flexibility index (Phi) is 10.1. The van der Waals surface area contributed by atoms with E-state index < -0.39 is 58.8 Å². The van der Waals surface area contributed by atoms with Crippen LogP contribution in [0.4, 0.5) is 35.1 Å². The highest BCUT2D eigenvalue weighted by molar-refractivity contribution is 5.37. The normalized spacial score (nSPS) is 18.0. The fraction of sp³-hybridized carbons (Fsp3) is 0.385. The Bertz CT molecular complexity index is 1110. The standard InChI is InChI=1S/C26H24F8O4/c1-2-3-4-5-6-7-15-12-36-25(37-13-15)16-8-18(27)23(19(28)9-16)26(33,34)38-17-10-20(29)24(21(30)11-17)35-14-22(31)32/h4-5,8-11,14-15,25H,2-3,6-7,12-13H2,1H3/b5-4+. The Morgan fingerprint density at radius 1 is 0.921 bits per heavy atom. The molecule has 38 heavy (non-hydrogen) atoms. The van der Waals surface area contributed by atoms with Crippen molar-refractivity contribution in [2.75, 3.05) is 13.2 Å². The number of unbranched alkanes of at least 4 members (excludes halogenated alkanes) is 1. The summed E-state index contributed by atoms with van der Waals surface area (Å²) in [5, 5.41) is 0. The van der Waals surface area contributed by atoms with Crippen molar-refractivity contribution in [3.63, 3.8) is 0 Å². The third kappa shape index (κ3) is 7.70. The number of hydrogen-bond donors (Lipinski definition) is 0. The Hall–Kier alpha value is -3.12. The van der Waals surface area contributed by atoms with Crippen molar-refractivity contribution in [3.05, 3.63) is 83.2 Å². The maximum Gasteiger partial charge on any atom is 0.432 e. The second-order valence-electron chi connectivity index (χ2n) is 8.42. The lowest BCUT2D eigenvalue weighted by atomic mass is 10.0. The molecule has 1 saturated heterocycles. The zero-order chi connectivity index (χ0) is 27.9. The third-order valence-electron chi connectivity index (χ3n) is 5.44. The van der Waals surface area contributed by atoms with E-state index in [0.717, 1.165) is 25.7 Å². The van der Waals surface area contributed by atoms with Gasteiger partial charge < -0.3 is 18.9 Å². The molecule has 0 aromatic heterocycles. The van der Waals surface area contributed by atoms with Gasteiger partial charge in [-0.15, -0.1) is 0 Å². The minimum absolute atomic E-state index is 0.0498. The molecular weight excluding hydrogens is 528 g/mol. The van der Waals surface area contributed by atoms with Crippen LogP contribution in [-0.4, -0.2) is 13.2 Å². The molecule has 1 aliphatic rings. The average Bonchev–Trinajstić information content (AvgIpc) is 2.82. The van der Waals surface area contributed by atoms with E-state index in [9.17, 15) is 35.1 Å². The summed E-state index contributed by atoms with van der Waals surface area (Å²) in [6, 6.07) is 1.54. The van der Waals surface area contributed by atoms with Crippen molar-refractivity contribution in [1.82, 2.24) is 0 Å². The molecule has 1 fully saturated rings. The molecule has 2 aromatic carbocycles. The molecule has 0 atom stereocenters. The van der Waals surface area contributed by atoms with Crippen LogP contribution in [0.3, 0.4) is 0 Å². The number of hydrogen-bond acceptors (Lipinski definition) is 4. The summed E-state index contributed by atoms with van der Waals surface area (Å²) in [4.78, 5) is 0. The zero-order valence-corrected chi connectivity index (χ0v) is 20.1. The summed E-state index contributed by atoms with van der Waals surface area (Å²) in [5.74, 6) is -9.24. The van der Waals surface area contributed by atoms with Crippen molar-refractivity contribution in [2.24, 2.45) is 5.92 Å². The number of benzene rings is 2. The van der Waals surface area contributed by atoms with Gasteiger partial charge in [-0.1, -0.05) is 25.5 Å². The minimum atomic E-state index is -4.72. The van der Waals surface area contributed by atoms with Gasteiger partial charge in [-0.25, -0.2) is 17.6 Å².